The van der Waals surface area contributed by atoms with Crippen molar-refractivity contribution in [2.24, 2.45) is 0 Å². The lowest BCUT2D eigenvalue weighted by atomic mass is 10.1. The van der Waals surface area contributed by atoms with Gasteiger partial charge in [0.1, 0.15) is 48.5 Å². The number of aromatic amines is 1. The fourth-order valence-corrected chi connectivity index (χ4v) is 8.14. The van der Waals surface area contributed by atoms with E-state index in [1.54, 1.807) is 0 Å². The first kappa shape index (κ1) is 29.0. The molecule has 25 heteroatoms. The van der Waals surface area contributed by atoms with Crippen molar-refractivity contribution in [3.63, 3.8) is 0 Å². The summed E-state index contributed by atoms with van der Waals surface area (Å²) >= 11 is 0. The monoisotopic (exact) mass is 672 g/mol. The van der Waals surface area contributed by atoms with E-state index in [1.807, 2.05) is 0 Å². The Morgan fingerprint density at radius 1 is 0.933 bits per heavy atom. The van der Waals surface area contributed by atoms with E-state index in [1.165, 1.54) is 10.9 Å². The molecule has 1 saturated carbocycles. The van der Waals surface area contributed by atoms with Gasteiger partial charge in [-0.2, -0.15) is 4.98 Å². The number of anilines is 2. The van der Waals surface area contributed by atoms with Gasteiger partial charge >= 0.3 is 15.6 Å². The molecule has 45 heavy (non-hydrogen) atoms. The molecule has 0 aromatic carbocycles. The second-order valence-electron chi connectivity index (χ2n) is 10.6. The molecule has 0 amide bonds. The number of nitrogens with zero attached hydrogens (tertiary/aromatic N) is 7. The molecular weight excluding hydrogens is 650 g/mol. The molecular formula is C20H22N10O13P2. The Labute approximate surface area is 247 Å². The number of aromatic nitrogens is 8. The summed E-state index contributed by atoms with van der Waals surface area (Å²) in [5.74, 6) is -0.246. The van der Waals surface area contributed by atoms with Crippen LogP contribution in [0.5, 0.6) is 0 Å². The number of nitrogen functional groups attached to an aromatic ring is 2. The Bertz CT molecular complexity index is 2020. The molecule has 4 aromatic rings. The smallest absolute Gasteiger partial charge is 0.387 e. The molecule has 4 fully saturated rings. The minimum Gasteiger partial charge on any atom is -0.387 e. The van der Waals surface area contributed by atoms with E-state index in [4.69, 9.17) is 39.0 Å². The Kier molecular flexibility index (Phi) is 6.15. The summed E-state index contributed by atoms with van der Waals surface area (Å²) < 4.78 is 61.8. The van der Waals surface area contributed by atoms with Crippen LogP contribution in [0, 0.1) is 0 Å². The number of nitrogens with two attached hydrogens (primary N) is 2. The number of H-pyrrole nitrogens is 1. The van der Waals surface area contributed by atoms with Crippen molar-refractivity contribution in [2.45, 2.75) is 54.7 Å². The molecule has 240 valence electrons. The van der Waals surface area contributed by atoms with Crippen molar-refractivity contribution in [3.05, 3.63) is 29.3 Å². The van der Waals surface area contributed by atoms with Gasteiger partial charge in [0, 0.05) is 0 Å². The van der Waals surface area contributed by atoms with Crippen molar-refractivity contribution in [2.75, 3.05) is 18.1 Å². The highest BCUT2D eigenvalue weighted by atomic mass is 31.2. The zero-order valence-electron chi connectivity index (χ0n) is 22.2. The zero-order valence-corrected chi connectivity index (χ0v) is 24.0. The van der Waals surface area contributed by atoms with E-state index in [9.17, 15) is 33.9 Å². The molecule has 4 aliphatic rings. The summed E-state index contributed by atoms with van der Waals surface area (Å²) in [5, 5.41) is 22.4. The number of aliphatic hydroxyl groups is 2. The highest BCUT2D eigenvalue weighted by Gasteiger charge is 2.83. The van der Waals surface area contributed by atoms with Gasteiger partial charge in [0.25, 0.3) is 5.56 Å². The molecule has 4 aromatic heterocycles. The lowest BCUT2D eigenvalue weighted by Gasteiger charge is -2.29. The standard InChI is InChI=1S/C20H22N10O13P2/c21-13-6-14(24-2-23-13)29(3-25-6)18-10(32)20-11(40-18)12(20)42-45(36,37)41-9-8(31)5(1-38-44(34,35)43-20)39-17(9)30-4-26-7-15(30)27-19(22)28-16(7)33/h2-5,8-12,17-18,31-32H,1H2,(H,34,35)(H,36,37)(H2,21,23,24)(H3,22,27,28,33)/t5-,8-,9-,10+,11-,12?,17-,18-,20+/m1/s1. The van der Waals surface area contributed by atoms with Crippen molar-refractivity contribution in [3.8, 4) is 0 Å². The fraction of sp³-hybridized carbons (Fsp3) is 0.500. The number of hydrogen-bond donors (Lipinski definition) is 7. The van der Waals surface area contributed by atoms with E-state index in [-0.39, 0.29) is 34.1 Å². The van der Waals surface area contributed by atoms with Crippen LogP contribution in [0.15, 0.2) is 23.8 Å². The molecule has 9 N–H and O–H groups in total. The normalized spacial score (nSPS) is 41.4. The van der Waals surface area contributed by atoms with Crippen LogP contribution in [-0.2, 0) is 36.7 Å². The van der Waals surface area contributed by atoms with Gasteiger partial charge in [0.15, 0.2) is 40.7 Å². The Morgan fingerprint density at radius 3 is 2.44 bits per heavy atom. The highest BCUT2D eigenvalue weighted by Crippen LogP contribution is 2.68. The number of hydrogen-bond acceptors (Lipinski definition) is 18. The van der Waals surface area contributed by atoms with Gasteiger partial charge in [-0.25, -0.2) is 29.1 Å². The number of nitrogens with one attached hydrogen (secondary N) is 1. The lowest BCUT2D eigenvalue weighted by molar-refractivity contribution is -0.0970. The minimum atomic E-state index is -5.23. The summed E-state index contributed by atoms with van der Waals surface area (Å²) in [5.41, 5.74) is 8.60. The molecule has 1 aliphatic carbocycles. The summed E-state index contributed by atoms with van der Waals surface area (Å²) in [4.78, 5) is 56.1. The third-order valence-electron chi connectivity index (χ3n) is 7.95. The predicted molar refractivity (Wildman–Crippen MR) is 141 cm³/mol. The van der Waals surface area contributed by atoms with Crippen LogP contribution >= 0.6 is 15.6 Å². The van der Waals surface area contributed by atoms with Gasteiger partial charge in [-0.1, -0.05) is 0 Å². The second kappa shape index (κ2) is 9.54. The van der Waals surface area contributed by atoms with Crippen LogP contribution in [0.2, 0.25) is 0 Å². The molecule has 2 bridgehead atoms. The summed E-state index contributed by atoms with van der Waals surface area (Å²) in [6, 6.07) is 0. The summed E-state index contributed by atoms with van der Waals surface area (Å²) in [6.07, 6.45) is -9.21. The molecule has 1 spiro atoms. The molecule has 3 aliphatic heterocycles. The largest absolute Gasteiger partial charge is 0.473 e. The van der Waals surface area contributed by atoms with Gasteiger partial charge in [0.05, 0.1) is 19.3 Å². The van der Waals surface area contributed by atoms with Crippen molar-refractivity contribution in [1.29, 1.82) is 0 Å². The van der Waals surface area contributed by atoms with Gasteiger partial charge < -0.3 is 40.9 Å². The predicted octanol–water partition coefficient (Wildman–Crippen LogP) is -2.59. The number of phosphoric acid groups is 2. The molecule has 7 heterocycles. The number of rotatable bonds is 2. The maximum absolute atomic E-state index is 13.4. The molecule has 0 radical (unpaired) electrons. The van der Waals surface area contributed by atoms with E-state index in [0.29, 0.717) is 0 Å². The zero-order chi connectivity index (χ0) is 31.6. The number of aliphatic hydroxyl groups excluding tert-OH is 2. The molecule has 23 nitrogen and oxygen atoms in total. The SMILES string of the molecule is Nc1nc2c(ncn2[C@@H]2O[C@@H]3COP(=O)(O)O[C@]45C(OP(=O)(O)O[C@@H]2[C@@H]3O)[C@H]4O[C@@H](n2cnc3c(N)ncnc32)[C@@H]5O)c(=O)[nH]1. The summed E-state index contributed by atoms with van der Waals surface area (Å²) in [6.45, 7) is -0.807. The number of fused-ring (bicyclic) bond motifs is 5. The van der Waals surface area contributed by atoms with Crippen molar-refractivity contribution >= 4 is 49.7 Å². The van der Waals surface area contributed by atoms with E-state index in [0.717, 1.165) is 17.2 Å². The van der Waals surface area contributed by atoms with Crippen LogP contribution in [0.4, 0.5) is 11.8 Å². The molecule has 3 saturated heterocycles. The Balaban J connectivity index is 1.14. The van der Waals surface area contributed by atoms with Gasteiger partial charge in [-0.3, -0.25) is 37.0 Å². The maximum atomic E-state index is 13.4. The first-order chi connectivity index (χ1) is 21.3. The maximum Gasteiger partial charge on any atom is 0.473 e. The van der Waals surface area contributed by atoms with E-state index in [2.05, 4.69) is 29.9 Å². The highest BCUT2D eigenvalue weighted by molar-refractivity contribution is 7.47. The summed E-state index contributed by atoms with van der Waals surface area (Å²) in [7, 11) is -10.4. The van der Waals surface area contributed by atoms with Crippen molar-refractivity contribution < 1.29 is 56.7 Å². The average Bonchev–Trinajstić information content (AvgIpc) is 3.47. The van der Waals surface area contributed by atoms with E-state index < -0.39 is 82.5 Å². The average molecular weight is 672 g/mol. The third-order valence-corrected chi connectivity index (χ3v) is 9.98. The first-order valence-corrected chi connectivity index (χ1v) is 16.0. The molecule has 3 unspecified atom stereocenters. The molecule has 8 rings (SSSR count). The van der Waals surface area contributed by atoms with Crippen LogP contribution in [0.1, 0.15) is 12.5 Å². The quantitative estimate of drug-likeness (QED) is 0.107. The lowest BCUT2D eigenvalue weighted by Crippen LogP contribution is -2.40. The Hall–Kier alpha value is -3.44. The van der Waals surface area contributed by atoms with Crippen molar-refractivity contribution in [1.82, 2.24) is 39.0 Å². The first-order valence-electron chi connectivity index (χ1n) is 13.0. The minimum absolute atomic E-state index is 0.0386. The van der Waals surface area contributed by atoms with Crippen LogP contribution in [0.25, 0.3) is 22.3 Å². The second-order valence-corrected chi connectivity index (χ2v) is 13.3. The number of imidazole rings is 2. The van der Waals surface area contributed by atoms with E-state index >= 15 is 0 Å². The van der Waals surface area contributed by atoms with Gasteiger partial charge in [0.2, 0.25) is 5.95 Å². The number of phosphoric ester groups is 2. The fourth-order valence-electron chi connectivity index (χ4n) is 5.89. The topological polar surface area (TPSA) is 330 Å². The van der Waals surface area contributed by atoms with Crippen LogP contribution < -0.4 is 17.0 Å². The molecule has 11 atom stereocenters. The number of ether oxygens (including phenoxy) is 2. The van der Waals surface area contributed by atoms with Gasteiger partial charge in [-0.05, 0) is 0 Å². The van der Waals surface area contributed by atoms with Crippen LogP contribution in [-0.4, -0.2) is 108 Å². The third kappa shape index (κ3) is 4.29. The van der Waals surface area contributed by atoms with Crippen LogP contribution in [0.3, 0.4) is 0 Å². The van der Waals surface area contributed by atoms with Gasteiger partial charge in [-0.15, -0.1) is 0 Å². The Morgan fingerprint density at radius 2 is 1.67 bits per heavy atom.